The summed E-state index contributed by atoms with van der Waals surface area (Å²) in [4.78, 5) is 14.7. The van der Waals surface area contributed by atoms with E-state index >= 15 is 0 Å². The molecule has 0 amide bonds. The lowest BCUT2D eigenvalue weighted by Gasteiger charge is -2.13. The number of hydrogen-bond acceptors (Lipinski definition) is 5. The van der Waals surface area contributed by atoms with Crippen LogP contribution in [0, 0.1) is 16.0 Å². The van der Waals surface area contributed by atoms with E-state index in [-0.39, 0.29) is 10.6 Å². The molecule has 1 atom stereocenters. The van der Waals surface area contributed by atoms with E-state index in [1.807, 2.05) is 17.8 Å². The predicted molar refractivity (Wildman–Crippen MR) is 82.3 cm³/mol. The van der Waals surface area contributed by atoms with Crippen LogP contribution in [0.15, 0.2) is 30.6 Å². The van der Waals surface area contributed by atoms with Crippen LogP contribution in [0.4, 0.5) is 11.4 Å². The average molecular weight is 289 g/mol. The minimum Gasteiger partial charge on any atom is -0.384 e. The maximum atomic E-state index is 11.0. The molecule has 1 fully saturated rings. The van der Waals surface area contributed by atoms with Crippen molar-refractivity contribution in [2.45, 2.75) is 6.42 Å². The minimum absolute atomic E-state index is 0.107. The third kappa shape index (κ3) is 2.56. The monoisotopic (exact) mass is 289 g/mol. The van der Waals surface area contributed by atoms with Gasteiger partial charge >= 0.3 is 0 Å². The maximum Gasteiger partial charge on any atom is 0.278 e. The SMILES string of the molecule is O=[N+]([O-])c1ccc(NCC2CCSC2)c2ccncc12. The molecule has 104 valence electrons. The third-order valence-corrected chi connectivity index (χ3v) is 4.83. The summed E-state index contributed by atoms with van der Waals surface area (Å²) in [5, 5.41) is 15.9. The summed E-state index contributed by atoms with van der Waals surface area (Å²) in [7, 11) is 0. The Morgan fingerprint density at radius 1 is 1.40 bits per heavy atom. The number of pyridine rings is 1. The molecule has 6 heteroatoms. The van der Waals surface area contributed by atoms with Gasteiger partial charge in [-0.1, -0.05) is 0 Å². The van der Waals surface area contributed by atoms with Crippen LogP contribution in [-0.4, -0.2) is 28.0 Å². The summed E-state index contributed by atoms with van der Waals surface area (Å²) in [5.74, 6) is 3.11. The third-order valence-electron chi connectivity index (χ3n) is 3.60. The highest BCUT2D eigenvalue weighted by atomic mass is 32.2. The van der Waals surface area contributed by atoms with Crippen molar-refractivity contribution in [3.8, 4) is 0 Å². The van der Waals surface area contributed by atoms with Crippen molar-refractivity contribution >= 4 is 33.9 Å². The molecule has 2 heterocycles. The van der Waals surface area contributed by atoms with Gasteiger partial charge in [-0.25, -0.2) is 0 Å². The number of anilines is 1. The van der Waals surface area contributed by atoms with Crippen LogP contribution >= 0.6 is 11.8 Å². The second-order valence-electron chi connectivity index (χ2n) is 4.92. The molecule has 1 aliphatic heterocycles. The predicted octanol–water partition coefficient (Wildman–Crippen LogP) is 3.31. The van der Waals surface area contributed by atoms with Crippen molar-refractivity contribution < 1.29 is 4.92 Å². The lowest BCUT2D eigenvalue weighted by atomic mass is 10.1. The molecule has 0 radical (unpaired) electrons. The van der Waals surface area contributed by atoms with Crippen molar-refractivity contribution in [3.63, 3.8) is 0 Å². The molecule has 0 bridgehead atoms. The van der Waals surface area contributed by atoms with E-state index in [9.17, 15) is 10.1 Å². The molecule has 1 aliphatic rings. The highest BCUT2D eigenvalue weighted by Crippen LogP contribution is 2.31. The highest BCUT2D eigenvalue weighted by molar-refractivity contribution is 7.99. The van der Waals surface area contributed by atoms with Gasteiger partial charge in [0, 0.05) is 36.1 Å². The zero-order valence-electron chi connectivity index (χ0n) is 10.9. The number of nitro groups is 1. The van der Waals surface area contributed by atoms with Crippen molar-refractivity contribution in [1.82, 2.24) is 4.98 Å². The number of aromatic nitrogens is 1. The van der Waals surface area contributed by atoms with Gasteiger partial charge in [-0.15, -0.1) is 0 Å². The van der Waals surface area contributed by atoms with Crippen LogP contribution in [0.2, 0.25) is 0 Å². The molecule has 5 nitrogen and oxygen atoms in total. The number of fused-ring (bicyclic) bond motifs is 1. The molecule has 1 saturated heterocycles. The quantitative estimate of drug-likeness (QED) is 0.691. The Balaban J connectivity index is 1.91. The first kappa shape index (κ1) is 13.2. The molecule has 1 aromatic heterocycles. The molecule has 3 rings (SSSR count). The molecule has 0 saturated carbocycles. The number of nitrogens with one attached hydrogen (secondary N) is 1. The standard InChI is InChI=1S/C14H15N3O2S/c18-17(19)14-2-1-13(11-3-5-15-8-12(11)14)16-7-10-4-6-20-9-10/h1-3,5,8,10,16H,4,6-7,9H2. The lowest BCUT2D eigenvalue weighted by molar-refractivity contribution is -0.383. The van der Waals surface area contributed by atoms with E-state index in [1.165, 1.54) is 17.9 Å². The topological polar surface area (TPSA) is 68.1 Å². The summed E-state index contributed by atoms with van der Waals surface area (Å²) < 4.78 is 0. The molecule has 2 aromatic rings. The van der Waals surface area contributed by atoms with E-state index in [0.29, 0.717) is 11.3 Å². The molecule has 0 spiro atoms. The van der Waals surface area contributed by atoms with Gasteiger partial charge in [0.1, 0.15) is 0 Å². The van der Waals surface area contributed by atoms with Crippen LogP contribution in [0.3, 0.4) is 0 Å². The van der Waals surface area contributed by atoms with E-state index in [1.54, 1.807) is 24.5 Å². The van der Waals surface area contributed by atoms with Crippen LogP contribution in [0.1, 0.15) is 6.42 Å². The maximum absolute atomic E-state index is 11.0. The van der Waals surface area contributed by atoms with Crippen LogP contribution in [0.5, 0.6) is 0 Å². The second-order valence-corrected chi connectivity index (χ2v) is 6.07. The molecular formula is C14H15N3O2S. The van der Waals surface area contributed by atoms with E-state index in [2.05, 4.69) is 10.3 Å². The molecule has 1 aromatic carbocycles. The van der Waals surface area contributed by atoms with Gasteiger partial charge in [0.25, 0.3) is 5.69 Å². The fourth-order valence-electron chi connectivity index (χ4n) is 2.49. The number of nitro benzene ring substituents is 1. The Labute approximate surface area is 120 Å². The smallest absolute Gasteiger partial charge is 0.278 e. The van der Waals surface area contributed by atoms with Crippen molar-refractivity contribution in [2.24, 2.45) is 5.92 Å². The molecule has 20 heavy (non-hydrogen) atoms. The number of hydrogen-bond donors (Lipinski definition) is 1. The van der Waals surface area contributed by atoms with Crippen molar-refractivity contribution in [1.29, 1.82) is 0 Å². The summed E-state index contributed by atoms with van der Waals surface area (Å²) >= 11 is 1.99. The first-order valence-corrected chi connectivity index (χ1v) is 7.74. The van der Waals surface area contributed by atoms with Crippen LogP contribution in [-0.2, 0) is 0 Å². The number of rotatable bonds is 4. The van der Waals surface area contributed by atoms with Crippen molar-refractivity contribution in [2.75, 3.05) is 23.4 Å². The fourth-order valence-corrected chi connectivity index (χ4v) is 3.77. The zero-order valence-corrected chi connectivity index (χ0v) is 11.7. The van der Waals surface area contributed by atoms with Crippen molar-refractivity contribution in [3.05, 3.63) is 40.7 Å². The number of nitrogens with zero attached hydrogens (tertiary/aromatic N) is 2. The number of non-ortho nitro benzene ring substituents is 1. The van der Waals surface area contributed by atoms with Gasteiger partial charge in [0.15, 0.2) is 0 Å². The van der Waals surface area contributed by atoms with E-state index in [4.69, 9.17) is 0 Å². The molecule has 1 N–H and O–H groups in total. The van der Waals surface area contributed by atoms with E-state index < -0.39 is 0 Å². The Kier molecular flexibility index (Phi) is 3.73. The van der Waals surface area contributed by atoms with Gasteiger partial charge in [-0.2, -0.15) is 11.8 Å². The minimum atomic E-state index is -0.360. The van der Waals surface area contributed by atoms with Gasteiger partial charge in [0.2, 0.25) is 0 Å². The summed E-state index contributed by atoms with van der Waals surface area (Å²) in [6.45, 7) is 0.919. The summed E-state index contributed by atoms with van der Waals surface area (Å²) in [6.07, 6.45) is 4.47. The van der Waals surface area contributed by atoms with Crippen LogP contribution < -0.4 is 5.32 Å². The normalized spacial score (nSPS) is 18.3. The van der Waals surface area contributed by atoms with Gasteiger partial charge < -0.3 is 5.32 Å². The highest BCUT2D eigenvalue weighted by Gasteiger charge is 2.17. The van der Waals surface area contributed by atoms with Gasteiger partial charge in [0.05, 0.1) is 10.3 Å². The second kappa shape index (κ2) is 5.66. The fraction of sp³-hybridized carbons (Fsp3) is 0.357. The van der Waals surface area contributed by atoms with Gasteiger partial charge in [-0.05, 0) is 36.0 Å². The Bertz CT molecular complexity index is 641. The number of benzene rings is 1. The van der Waals surface area contributed by atoms with Gasteiger partial charge in [-0.3, -0.25) is 15.1 Å². The Morgan fingerprint density at radius 2 is 2.30 bits per heavy atom. The zero-order chi connectivity index (χ0) is 13.9. The summed E-state index contributed by atoms with van der Waals surface area (Å²) in [5.41, 5.74) is 1.06. The lowest BCUT2D eigenvalue weighted by Crippen LogP contribution is -2.13. The average Bonchev–Trinajstić information content (AvgIpc) is 2.97. The van der Waals surface area contributed by atoms with E-state index in [0.717, 1.165) is 17.6 Å². The molecular weight excluding hydrogens is 274 g/mol. The Morgan fingerprint density at radius 3 is 3.05 bits per heavy atom. The first-order valence-electron chi connectivity index (χ1n) is 6.58. The van der Waals surface area contributed by atoms with Crippen LogP contribution in [0.25, 0.3) is 10.8 Å². The largest absolute Gasteiger partial charge is 0.384 e. The summed E-state index contributed by atoms with van der Waals surface area (Å²) in [6, 6.07) is 5.17. The number of thioether (sulfide) groups is 1. The molecule has 1 unspecified atom stereocenters. The first-order chi connectivity index (χ1) is 9.75. The molecule has 0 aliphatic carbocycles. The Hall–Kier alpha value is -1.82.